The van der Waals surface area contributed by atoms with Crippen LogP contribution in [0.2, 0.25) is 0 Å². The van der Waals surface area contributed by atoms with E-state index >= 15 is 0 Å². The molecule has 25 heavy (non-hydrogen) atoms. The summed E-state index contributed by atoms with van der Waals surface area (Å²) in [6, 6.07) is 22.2. The number of hydrogen-bond acceptors (Lipinski definition) is 3. The van der Waals surface area contributed by atoms with Crippen LogP contribution < -0.4 is 4.74 Å². The van der Waals surface area contributed by atoms with Crippen molar-refractivity contribution in [2.24, 2.45) is 0 Å². The molecule has 0 aliphatic rings. The van der Waals surface area contributed by atoms with Gasteiger partial charge in [0.15, 0.2) is 0 Å². The Hall–Kier alpha value is -2.65. The first kappa shape index (κ1) is 17.2. The van der Waals surface area contributed by atoms with E-state index in [2.05, 4.69) is 17.1 Å². The highest BCUT2D eigenvalue weighted by molar-refractivity contribution is 5.63. The zero-order valence-electron chi connectivity index (χ0n) is 14.4. The van der Waals surface area contributed by atoms with Gasteiger partial charge in [-0.2, -0.15) is 0 Å². The van der Waals surface area contributed by atoms with Crippen molar-refractivity contribution in [1.29, 1.82) is 0 Å². The van der Waals surface area contributed by atoms with E-state index in [4.69, 9.17) is 4.74 Å². The van der Waals surface area contributed by atoms with Gasteiger partial charge in [-0.15, -0.1) is 0 Å². The van der Waals surface area contributed by atoms with Gasteiger partial charge in [0.1, 0.15) is 11.9 Å². The van der Waals surface area contributed by atoms with Crippen LogP contribution in [0.15, 0.2) is 79.1 Å². The maximum Gasteiger partial charge on any atom is 0.122 e. The summed E-state index contributed by atoms with van der Waals surface area (Å²) in [7, 11) is 0. The van der Waals surface area contributed by atoms with Crippen molar-refractivity contribution >= 4 is 0 Å². The largest absolute Gasteiger partial charge is 0.488 e. The molecule has 1 aromatic heterocycles. The fourth-order valence-electron chi connectivity index (χ4n) is 2.75. The Morgan fingerprint density at radius 1 is 0.920 bits per heavy atom. The number of aryl methyl sites for hydroxylation is 1. The van der Waals surface area contributed by atoms with Crippen molar-refractivity contribution in [2.45, 2.75) is 32.0 Å². The molecule has 0 bridgehead atoms. The first-order valence-electron chi connectivity index (χ1n) is 8.61. The zero-order valence-corrected chi connectivity index (χ0v) is 14.4. The van der Waals surface area contributed by atoms with E-state index in [-0.39, 0.29) is 6.10 Å². The fourth-order valence-corrected chi connectivity index (χ4v) is 2.75. The van der Waals surface area contributed by atoms with Crippen molar-refractivity contribution in [1.82, 2.24) is 4.98 Å². The molecule has 128 valence electrons. The number of ether oxygens (including phenoxy) is 1. The summed E-state index contributed by atoms with van der Waals surface area (Å²) < 4.78 is 5.89. The van der Waals surface area contributed by atoms with Crippen LogP contribution in [0.25, 0.3) is 11.1 Å². The molecular formula is C22H23NO2. The molecule has 1 N–H and O–H groups in total. The maximum atomic E-state index is 10.3. The molecule has 2 aromatic carbocycles. The van der Waals surface area contributed by atoms with E-state index in [0.29, 0.717) is 6.42 Å². The lowest BCUT2D eigenvalue weighted by Gasteiger charge is -2.20. The molecule has 3 nitrogen and oxygen atoms in total. The second-order valence-corrected chi connectivity index (χ2v) is 6.18. The smallest absolute Gasteiger partial charge is 0.122 e. The standard InChI is InChI=1S/C22H23NO2/c1-17(22(24)14-9-18-6-5-15-23-16-18)25-21-12-10-20(11-13-21)19-7-3-2-4-8-19/h2-8,10-13,15-17,22,24H,9,14H2,1H3/t17-,22-/m0/s1. The molecule has 3 aromatic rings. The third kappa shape index (κ3) is 4.91. The van der Waals surface area contributed by atoms with E-state index in [1.54, 1.807) is 6.20 Å². The molecule has 0 radical (unpaired) electrons. The summed E-state index contributed by atoms with van der Waals surface area (Å²) in [4.78, 5) is 4.10. The van der Waals surface area contributed by atoms with Crippen molar-refractivity contribution in [3.8, 4) is 16.9 Å². The van der Waals surface area contributed by atoms with Gasteiger partial charge in [0.05, 0.1) is 6.10 Å². The number of aliphatic hydroxyl groups is 1. The Bertz CT molecular complexity index is 757. The van der Waals surface area contributed by atoms with Gasteiger partial charge in [-0.1, -0.05) is 48.5 Å². The summed E-state index contributed by atoms with van der Waals surface area (Å²) in [5.74, 6) is 0.771. The third-order valence-corrected chi connectivity index (χ3v) is 4.28. The van der Waals surface area contributed by atoms with Crippen molar-refractivity contribution in [3.05, 3.63) is 84.7 Å². The number of rotatable bonds is 7. The van der Waals surface area contributed by atoms with E-state index in [1.165, 1.54) is 5.56 Å². The summed E-state index contributed by atoms with van der Waals surface area (Å²) in [6.07, 6.45) is 4.24. The lowest BCUT2D eigenvalue weighted by atomic mass is 10.0. The molecule has 2 atom stereocenters. The second-order valence-electron chi connectivity index (χ2n) is 6.18. The number of nitrogens with zero attached hydrogens (tertiary/aromatic N) is 1. The lowest BCUT2D eigenvalue weighted by Crippen LogP contribution is -2.29. The van der Waals surface area contributed by atoms with Gasteiger partial charge < -0.3 is 9.84 Å². The van der Waals surface area contributed by atoms with E-state index in [1.807, 2.05) is 67.7 Å². The highest BCUT2D eigenvalue weighted by Crippen LogP contribution is 2.23. The van der Waals surface area contributed by atoms with Crippen LogP contribution in [0, 0.1) is 0 Å². The van der Waals surface area contributed by atoms with Gasteiger partial charge in [-0.25, -0.2) is 0 Å². The van der Waals surface area contributed by atoms with Crippen molar-refractivity contribution < 1.29 is 9.84 Å². The molecule has 0 aliphatic heterocycles. The molecule has 3 rings (SSSR count). The number of aliphatic hydroxyl groups excluding tert-OH is 1. The average molecular weight is 333 g/mol. The number of hydrogen-bond donors (Lipinski definition) is 1. The van der Waals surface area contributed by atoms with Crippen LogP contribution in [-0.2, 0) is 6.42 Å². The van der Waals surface area contributed by atoms with Gasteiger partial charge >= 0.3 is 0 Å². The molecule has 0 aliphatic carbocycles. The number of pyridine rings is 1. The van der Waals surface area contributed by atoms with Crippen LogP contribution in [0.1, 0.15) is 18.9 Å². The third-order valence-electron chi connectivity index (χ3n) is 4.28. The van der Waals surface area contributed by atoms with E-state index in [9.17, 15) is 5.11 Å². The predicted octanol–water partition coefficient (Wildman–Crippen LogP) is 4.51. The van der Waals surface area contributed by atoms with E-state index in [0.717, 1.165) is 23.3 Å². The number of aromatic nitrogens is 1. The number of benzene rings is 2. The minimum atomic E-state index is -0.519. The highest BCUT2D eigenvalue weighted by atomic mass is 16.5. The van der Waals surface area contributed by atoms with Crippen LogP contribution in [0.3, 0.4) is 0 Å². The minimum Gasteiger partial charge on any atom is -0.488 e. The van der Waals surface area contributed by atoms with Gasteiger partial charge in [0.25, 0.3) is 0 Å². The zero-order chi connectivity index (χ0) is 17.5. The first-order chi connectivity index (χ1) is 12.2. The molecule has 0 amide bonds. The van der Waals surface area contributed by atoms with Crippen LogP contribution in [0.4, 0.5) is 0 Å². The average Bonchev–Trinajstić information content (AvgIpc) is 2.68. The maximum absolute atomic E-state index is 10.3. The molecule has 0 spiro atoms. The van der Waals surface area contributed by atoms with E-state index < -0.39 is 6.10 Å². The second kappa shape index (κ2) is 8.45. The Balaban J connectivity index is 1.54. The molecule has 0 saturated heterocycles. The molecule has 3 heteroatoms. The fraction of sp³-hybridized carbons (Fsp3) is 0.227. The SMILES string of the molecule is C[C@H](Oc1ccc(-c2ccccc2)cc1)[C@@H](O)CCc1cccnc1. The predicted molar refractivity (Wildman–Crippen MR) is 101 cm³/mol. The van der Waals surface area contributed by atoms with Gasteiger partial charge in [0, 0.05) is 12.4 Å². The van der Waals surface area contributed by atoms with Crippen molar-refractivity contribution in [3.63, 3.8) is 0 Å². The molecule has 0 fully saturated rings. The van der Waals surface area contributed by atoms with Crippen LogP contribution in [-0.4, -0.2) is 22.3 Å². The summed E-state index contributed by atoms with van der Waals surface area (Å²) in [5.41, 5.74) is 3.46. The van der Waals surface area contributed by atoms with Gasteiger partial charge in [-0.05, 0) is 54.7 Å². The molecule has 0 saturated carbocycles. The molecular weight excluding hydrogens is 310 g/mol. The summed E-state index contributed by atoms with van der Waals surface area (Å²) in [5, 5.41) is 10.3. The first-order valence-corrected chi connectivity index (χ1v) is 8.61. The Morgan fingerprint density at radius 2 is 1.64 bits per heavy atom. The summed E-state index contributed by atoms with van der Waals surface area (Å²) >= 11 is 0. The Morgan fingerprint density at radius 3 is 2.32 bits per heavy atom. The molecule has 1 heterocycles. The normalized spacial score (nSPS) is 13.2. The Labute approximate surface area is 148 Å². The highest BCUT2D eigenvalue weighted by Gasteiger charge is 2.16. The monoisotopic (exact) mass is 333 g/mol. The van der Waals surface area contributed by atoms with Crippen LogP contribution >= 0.6 is 0 Å². The Kier molecular flexibility index (Phi) is 5.81. The quantitative estimate of drug-likeness (QED) is 0.692. The van der Waals surface area contributed by atoms with Crippen LogP contribution in [0.5, 0.6) is 5.75 Å². The molecule has 0 unspecified atom stereocenters. The van der Waals surface area contributed by atoms with Gasteiger partial charge in [-0.3, -0.25) is 4.98 Å². The summed E-state index contributed by atoms with van der Waals surface area (Å²) in [6.45, 7) is 1.90. The minimum absolute atomic E-state index is 0.265. The van der Waals surface area contributed by atoms with Crippen molar-refractivity contribution in [2.75, 3.05) is 0 Å². The lowest BCUT2D eigenvalue weighted by molar-refractivity contribution is 0.0420. The van der Waals surface area contributed by atoms with Gasteiger partial charge in [0.2, 0.25) is 0 Å². The topological polar surface area (TPSA) is 42.4 Å².